The van der Waals surface area contributed by atoms with Crippen molar-refractivity contribution in [1.29, 1.82) is 0 Å². The van der Waals surface area contributed by atoms with Gasteiger partial charge in [-0.2, -0.15) is 0 Å². The van der Waals surface area contributed by atoms with Crippen LogP contribution in [0.5, 0.6) is 0 Å². The van der Waals surface area contributed by atoms with Crippen molar-refractivity contribution < 1.29 is 19.1 Å². The van der Waals surface area contributed by atoms with Gasteiger partial charge in [0.25, 0.3) is 4.84 Å². The number of carbonyl (C=O) groups is 1. The van der Waals surface area contributed by atoms with Crippen molar-refractivity contribution in [2.24, 2.45) is 0 Å². The summed E-state index contributed by atoms with van der Waals surface area (Å²) in [6.45, 7) is 2.61. The highest BCUT2D eigenvalue weighted by molar-refractivity contribution is 7.71. The van der Waals surface area contributed by atoms with E-state index in [4.69, 9.17) is 21.4 Å². The second-order valence-electron chi connectivity index (χ2n) is 5.88. The van der Waals surface area contributed by atoms with Crippen molar-refractivity contribution in [3.8, 4) is 11.5 Å². The number of nitrogens with zero attached hydrogens (tertiary/aromatic N) is 3. The van der Waals surface area contributed by atoms with Crippen LogP contribution in [0.1, 0.15) is 12.0 Å². The van der Waals surface area contributed by atoms with Crippen LogP contribution in [0.2, 0.25) is 0 Å². The second-order valence-corrected chi connectivity index (χ2v) is 6.23. The number of aromatic nitrogens is 2. The van der Waals surface area contributed by atoms with E-state index in [1.54, 1.807) is 4.90 Å². The predicted octanol–water partition coefficient (Wildman–Crippen LogP) is 1.75. The van der Waals surface area contributed by atoms with Gasteiger partial charge in [-0.1, -0.05) is 17.7 Å². The van der Waals surface area contributed by atoms with Crippen molar-refractivity contribution in [3.63, 3.8) is 0 Å². The number of likely N-dealkylation sites (tertiary alicyclic amines) is 1. The molecular weight excluding hydrogens is 330 g/mol. The lowest BCUT2D eigenvalue weighted by Crippen LogP contribution is -2.38. The molecule has 1 aliphatic heterocycles. The van der Waals surface area contributed by atoms with Crippen LogP contribution < -0.4 is 0 Å². The van der Waals surface area contributed by atoms with Gasteiger partial charge in [-0.05, 0) is 31.3 Å². The van der Waals surface area contributed by atoms with E-state index >= 15 is 0 Å². The molecule has 1 aliphatic rings. The zero-order valence-electron chi connectivity index (χ0n) is 13.5. The molecule has 0 saturated carbocycles. The van der Waals surface area contributed by atoms with Crippen LogP contribution >= 0.6 is 12.2 Å². The Kier molecular flexibility index (Phi) is 4.79. The summed E-state index contributed by atoms with van der Waals surface area (Å²) in [5.41, 5.74) is 1.97. The first-order valence-electron chi connectivity index (χ1n) is 7.63. The summed E-state index contributed by atoms with van der Waals surface area (Å²) in [6.07, 6.45) is -0.241. The molecule has 2 aromatic rings. The zero-order valence-corrected chi connectivity index (χ0v) is 14.3. The third kappa shape index (κ3) is 3.40. The SMILES string of the molecule is COC(=O)[C@@H]1C[C@@H](O)CN1Cn1nc(-c2ccc(C)cc2)oc1=S. The highest BCUT2D eigenvalue weighted by Gasteiger charge is 2.37. The van der Waals surface area contributed by atoms with Gasteiger partial charge in [-0.15, -0.1) is 5.10 Å². The Bertz CT molecular complexity index is 783. The van der Waals surface area contributed by atoms with Gasteiger partial charge in [0.05, 0.1) is 19.9 Å². The first-order valence-corrected chi connectivity index (χ1v) is 8.03. The fourth-order valence-corrected chi connectivity index (χ4v) is 2.97. The number of ether oxygens (including phenoxy) is 1. The van der Waals surface area contributed by atoms with Crippen molar-refractivity contribution in [2.45, 2.75) is 32.2 Å². The summed E-state index contributed by atoms with van der Waals surface area (Å²) in [5.74, 6) is 0.0506. The summed E-state index contributed by atoms with van der Waals surface area (Å²) in [7, 11) is 1.34. The number of esters is 1. The maximum atomic E-state index is 11.8. The van der Waals surface area contributed by atoms with Crippen molar-refractivity contribution in [2.75, 3.05) is 13.7 Å². The van der Waals surface area contributed by atoms with Crippen LogP contribution in [0.15, 0.2) is 28.7 Å². The van der Waals surface area contributed by atoms with Gasteiger partial charge in [0.15, 0.2) is 0 Å². The number of hydrogen-bond acceptors (Lipinski definition) is 7. The molecule has 1 N–H and O–H groups in total. The average molecular weight is 349 g/mol. The van der Waals surface area contributed by atoms with E-state index in [9.17, 15) is 9.90 Å². The standard InChI is InChI=1S/C16H19N3O4S/c1-10-3-5-11(6-4-10)14-17-19(16(24)23-14)9-18-8-12(20)7-13(18)15(21)22-2/h3-6,12-13,20H,7-9H2,1-2H3/t12-,13+/m1/s1. The molecule has 3 rings (SSSR count). The predicted molar refractivity (Wildman–Crippen MR) is 88.6 cm³/mol. The molecule has 1 aromatic carbocycles. The Morgan fingerprint density at radius 3 is 2.83 bits per heavy atom. The van der Waals surface area contributed by atoms with E-state index < -0.39 is 12.1 Å². The Morgan fingerprint density at radius 1 is 1.46 bits per heavy atom. The van der Waals surface area contributed by atoms with Crippen LogP contribution in [0.4, 0.5) is 0 Å². The molecule has 2 heterocycles. The highest BCUT2D eigenvalue weighted by Crippen LogP contribution is 2.22. The van der Waals surface area contributed by atoms with Crippen LogP contribution in [-0.2, 0) is 16.2 Å². The summed E-state index contributed by atoms with van der Waals surface area (Å²) < 4.78 is 11.9. The maximum Gasteiger partial charge on any atom is 0.323 e. The quantitative estimate of drug-likeness (QED) is 0.665. The number of aliphatic hydroxyl groups is 1. The third-order valence-electron chi connectivity index (χ3n) is 4.08. The molecule has 0 radical (unpaired) electrons. The van der Waals surface area contributed by atoms with Gasteiger partial charge in [-0.3, -0.25) is 9.69 Å². The monoisotopic (exact) mass is 349 g/mol. The van der Waals surface area contributed by atoms with E-state index in [1.165, 1.54) is 11.8 Å². The Balaban J connectivity index is 1.81. The lowest BCUT2D eigenvalue weighted by atomic mass is 10.1. The van der Waals surface area contributed by atoms with Gasteiger partial charge >= 0.3 is 5.97 Å². The molecule has 24 heavy (non-hydrogen) atoms. The number of aliphatic hydroxyl groups excluding tert-OH is 1. The number of β-amino-alcohol motifs (C(OH)–C–C–N with tert-alkyl or cyclic N) is 1. The van der Waals surface area contributed by atoms with E-state index in [0.29, 0.717) is 18.9 Å². The van der Waals surface area contributed by atoms with Crippen molar-refractivity contribution in [3.05, 3.63) is 34.7 Å². The molecule has 2 atom stereocenters. The normalized spacial score (nSPS) is 21.1. The molecule has 128 valence electrons. The van der Waals surface area contributed by atoms with Crippen LogP contribution in [0.3, 0.4) is 0 Å². The minimum Gasteiger partial charge on any atom is -0.468 e. The number of methoxy groups -OCH3 is 1. The number of aryl methyl sites for hydroxylation is 1. The van der Waals surface area contributed by atoms with Gasteiger partial charge in [-0.25, -0.2) is 4.68 Å². The highest BCUT2D eigenvalue weighted by atomic mass is 32.1. The first kappa shape index (κ1) is 16.8. The average Bonchev–Trinajstić information content (AvgIpc) is 3.11. The van der Waals surface area contributed by atoms with E-state index in [-0.39, 0.29) is 17.5 Å². The van der Waals surface area contributed by atoms with Gasteiger partial charge in [0.1, 0.15) is 6.04 Å². The lowest BCUT2D eigenvalue weighted by Gasteiger charge is -2.21. The number of rotatable bonds is 4. The lowest BCUT2D eigenvalue weighted by molar-refractivity contribution is -0.146. The fourth-order valence-electron chi connectivity index (χ4n) is 2.80. The van der Waals surface area contributed by atoms with Gasteiger partial charge in [0.2, 0.25) is 5.89 Å². The summed E-state index contributed by atoms with van der Waals surface area (Å²) in [4.78, 5) is 13.9. The Labute approximate surface area is 144 Å². The Hall–Kier alpha value is -2.03. The summed E-state index contributed by atoms with van der Waals surface area (Å²) in [6, 6.07) is 7.26. The molecule has 0 spiro atoms. The largest absolute Gasteiger partial charge is 0.468 e. The second kappa shape index (κ2) is 6.84. The molecule has 0 aliphatic carbocycles. The molecule has 8 heteroatoms. The third-order valence-corrected chi connectivity index (χ3v) is 4.37. The van der Waals surface area contributed by atoms with Crippen LogP contribution in [0, 0.1) is 11.8 Å². The topological polar surface area (TPSA) is 80.7 Å². The molecular formula is C16H19N3O4S. The van der Waals surface area contributed by atoms with Crippen LogP contribution in [0.25, 0.3) is 11.5 Å². The minimum absolute atomic E-state index is 0.218. The first-order chi connectivity index (χ1) is 11.5. The molecule has 1 saturated heterocycles. The number of carbonyl (C=O) groups excluding carboxylic acids is 1. The number of hydrogen-bond donors (Lipinski definition) is 1. The zero-order chi connectivity index (χ0) is 17.3. The van der Waals surface area contributed by atoms with Gasteiger partial charge < -0.3 is 14.3 Å². The van der Waals surface area contributed by atoms with Crippen molar-refractivity contribution in [1.82, 2.24) is 14.7 Å². The summed E-state index contributed by atoms with van der Waals surface area (Å²) >= 11 is 5.22. The smallest absolute Gasteiger partial charge is 0.323 e. The molecule has 0 bridgehead atoms. The summed E-state index contributed by atoms with van der Waals surface area (Å²) in [5, 5.41) is 14.2. The molecule has 1 fully saturated rings. The molecule has 0 amide bonds. The van der Waals surface area contributed by atoms with Crippen LogP contribution in [-0.4, -0.2) is 51.6 Å². The fraction of sp³-hybridized carbons (Fsp3) is 0.438. The van der Waals surface area contributed by atoms with E-state index in [1.807, 2.05) is 31.2 Å². The maximum absolute atomic E-state index is 11.8. The molecule has 7 nitrogen and oxygen atoms in total. The minimum atomic E-state index is -0.577. The van der Waals surface area contributed by atoms with E-state index in [2.05, 4.69) is 5.10 Å². The Morgan fingerprint density at radius 2 is 2.17 bits per heavy atom. The van der Waals surface area contributed by atoms with Gasteiger partial charge in [0, 0.05) is 18.5 Å². The molecule has 1 aromatic heterocycles. The van der Waals surface area contributed by atoms with Crippen molar-refractivity contribution >= 4 is 18.2 Å². The van der Waals surface area contributed by atoms with E-state index in [0.717, 1.165) is 11.1 Å². The molecule has 0 unspecified atom stereocenters. The number of benzene rings is 1.